The van der Waals surface area contributed by atoms with Crippen LogP contribution >= 0.6 is 11.6 Å². The van der Waals surface area contributed by atoms with E-state index in [-0.39, 0.29) is 16.8 Å². The lowest BCUT2D eigenvalue weighted by Gasteiger charge is -2.10. The third kappa shape index (κ3) is 4.20. The van der Waals surface area contributed by atoms with E-state index in [2.05, 4.69) is 14.7 Å². The minimum atomic E-state index is -3.72. The van der Waals surface area contributed by atoms with E-state index < -0.39 is 10.0 Å². The van der Waals surface area contributed by atoms with E-state index in [1.54, 1.807) is 36.4 Å². The molecule has 1 heterocycles. The van der Waals surface area contributed by atoms with Crippen molar-refractivity contribution in [3.05, 3.63) is 65.9 Å². The first-order valence-corrected chi connectivity index (χ1v) is 10.2. The molecule has 2 aromatic carbocycles. The fourth-order valence-corrected chi connectivity index (χ4v) is 3.73. The van der Waals surface area contributed by atoms with Gasteiger partial charge in [0.05, 0.1) is 21.7 Å². The Kier molecular flexibility index (Phi) is 4.72. The molecule has 27 heavy (non-hydrogen) atoms. The molecule has 1 aromatic heterocycles. The van der Waals surface area contributed by atoms with Crippen molar-refractivity contribution in [3.8, 4) is 17.0 Å². The molecule has 3 aromatic rings. The number of nitrogens with one attached hydrogen (secondary N) is 1. The van der Waals surface area contributed by atoms with Gasteiger partial charge in [0.25, 0.3) is 10.0 Å². The first-order chi connectivity index (χ1) is 13.0. The Morgan fingerprint density at radius 1 is 1.04 bits per heavy atom. The van der Waals surface area contributed by atoms with Gasteiger partial charge < -0.3 is 4.74 Å². The van der Waals surface area contributed by atoms with Crippen LogP contribution in [0.25, 0.3) is 11.3 Å². The van der Waals surface area contributed by atoms with Crippen molar-refractivity contribution in [2.24, 2.45) is 0 Å². The summed E-state index contributed by atoms with van der Waals surface area (Å²) in [6.45, 7) is 0. The number of sulfonamides is 1. The van der Waals surface area contributed by atoms with Crippen molar-refractivity contribution in [1.29, 1.82) is 0 Å². The summed E-state index contributed by atoms with van der Waals surface area (Å²) in [4.78, 5) is 8.38. The molecule has 0 radical (unpaired) electrons. The zero-order valence-electron chi connectivity index (χ0n) is 14.2. The highest BCUT2D eigenvalue weighted by molar-refractivity contribution is 7.92. The number of anilines is 1. The van der Waals surface area contributed by atoms with Crippen LogP contribution in [0.3, 0.4) is 0 Å². The molecule has 1 saturated carbocycles. The van der Waals surface area contributed by atoms with Gasteiger partial charge in [-0.1, -0.05) is 29.8 Å². The molecule has 8 heteroatoms. The van der Waals surface area contributed by atoms with Crippen molar-refractivity contribution in [1.82, 2.24) is 9.97 Å². The Labute approximate surface area is 162 Å². The van der Waals surface area contributed by atoms with Crippen molar-refractivity contribution in [2.75, 3.05) is 4.72 Å². The highest BCUT2D eigenvalue weighted by Gasteiger charge is 2.24. The summed E-state index contributed by atoms with van der Waals surface area (Å²) in [5.74, 6) is 0.820. The predicted molar refractivity (Wildman–Crippen MR) is 103 cm³/mol. The fraction of sp³-hybridized carbons (Fsp3) is 0.158. The second-order valence-corrected chi connectivity index (χ2v) is 8.26. The highest BCUT2D eigenvalue weighted by atomic mass is 35.5. The van der Waals surface area contributed by atoms with Gasteiger partial charge in [0.1, 0.15) is 17.9 Å². The van der Waals surface area contributed by atoms with E-state index in [4.69, 9.17) is 16.3 Å². The zero-order valence-corrected chi connectivity index (χ0v) is 15.7. The molecule has 1 aliphatic rings. The lowest BCUT2D eigenvalue weighted by molar-refractivity contribution is 0.303. The van der Waals surface area contributed by atoms with Crippen molar-refractivity contribution >= 4 is 27.4 Å². The molecule has 138 valence electrons. The normalized spacial score (nSPS) is 14.0. The van der Waals surface area contributed by atoms with Crippen LogP contribution in [0.15, 0.2) is 65.8 Å². The molecule has 0 spiro atoms. The highest BCUT2D eigenvalue weighted by Crippen LogP contribution is 2.34. The third-order valence-corrected chi connectivity index (χ3v) is 5.67. The Morgan fingerprint density at radius 3 is 2.52 bits per heavy atom. The minimum absolute atomic E-state index is 0.162. The van der Waals surface area contributed by atoms with Gasteiger partial charge in [-0.25, -0.2) is 18.4 Å². The second-order valence-electron chi connectivity index (χ2n) is 6.17. The monoisotopic (exact) mass is 401 g/mol. The Bertz CT molecular complexity index is 1070. The number of ether oxygens (including phenoxy) is 1. The summed E-state index contributed by atoms with van der Waals surface area (Å²) in [6.07, 6.45) is 3.66. The molecular formula is C19H16ClN3O3S. The molecule has 1 aliphatic carbocycles. The van der Waals surface area contributed by atoms with Gasteiger partial charge in [-0.3, -0.25) is 4.72 Å². The Morgan fingerprint density at radius 2 is 1.81 bits per heavy atom. The maximum Gasteiger partial charge on any atom is 0.263 e. The van der Waals surface area contributed by atoms with E-state index in [9.17, 15) is 8.42 Å². The van der Waals surface area contributed by atoms with Crippen LogP contribution in [0.5, 0.6) is 5.75 Å². The van der Waals surface area contributed by atoms with Crippen LogP contribution in [0.1, 0.15) is 12.8 Å². The number of hydrogen-bond acceptors (Lipinski definition) is 5. The van der Waals surface area contributed by atoms with Crippen molar-refractivity contribution < 1.29 is 13.2 Å². The van der Waals surface area contributed by atoms with E-state index >= 15 is 0 Å². The van der Waals surface area contributed by atoms with Gasteiger partial charge in [-0.2, -0.15) is 0 Å². The molecule has 4 rings (SSSR count). The van der Waals surface area contributed by atoms with Gasteiger partial charge in [-0.15, -0.1) is 0 Å². The van der Waals surface area contributed by atoms with Crippen LogP contribution in [0, 0.1) is 0 Å². The van der Waals surface area contributed by atoms with Crippen molar-refractivity contribution in [3.63, 3.8) is 0 Å². The summed E-state index contributed by atoms with van der Waals surface area (Å²) >= 11 is 6.30. The molecule has 1 N–H and O–H groups in total. The fourth-order valence-electron chi connectivity index (χ4n) is 2.49. The molecule has 0 atom stereocenters. The summed E-state index contributed by atoms with van der Waals surface area (Å²) in [6, 6.07) is 15.0. The van der Waals surface area contributed by atoms with Crippen LogP contribution in [-0.2, 0) is 10.0 Å². The molecule has 0 saturated heterocycles. The van der Waals surface area contributed by atoms with Gasteiger partial charge >= 0.3 is 0 Å². The van der Waals surface area contributed by atoms with Gasteiger partial charge in [-0.05, 0) is 43.2 Å². The van der Waals surface area contributed by atoms with E-state index in [0.29, 0.717) is 16.5 Å². The lowest BCUT2D eigenvalue weighted by atomic mass is 10.1. The van der Waals surface area contributed by atoms with Crippen molar-refractivity contribution in [2.45, 2.75) is 23.8 Å². The number of hydrogen-bond donors (Lipinski definition) is 1. The molecule has 0 bridgehead atoms. The number of aromatic nitrogens is 2. The molecule has 0 amide bonds. The summed E-state index contributed by atoms with van der Waals surface area (Å²) in [5.41, 5.74) is 1.29. The van der Waals surface area contributed by atoms with Crippen LogP contribution in [-0.4, -0.2) is 24.5 Å². The van der Waals surface area contributed by atoms with E-state index in [1.807, 2.05) is 6.07 Å². The minimum Gasteiger partial charge on any atom is -0.489 e. The second kappa shape index (κ2) is 7.17. The first kappa shape index (κ1) is 17.8. The predicted octanol–water partition coefficient (Wildman–Crippen LogP) is 4.14. The van der Waals surface area contributed by atoms with Crippen LogP contribution in [0.2, 0.25) is 5.02 Å². The Hall–Kier alpha value is -2.64. The quantitative estimate of drug-likeness (QED) is 0.671. The summed E-state index contributed by atoms with van der Waals surface area (Å²) in [7, 11) is -3.72. The average Bonchev–Trinajstić information content (AvgIpc) is 3.48. The summed E-state index contributed by atoms with van der Waals surface area (Å²) in [5, 5.41) is 0.490. The largest absolute Gasteiger partial charge is 0.489 e. The molecule has 1 fully saturated rings. The average molecular weight is 402 g/mol. The third-order valence-electron chi connectivity index (χ3n) is 4.01. The number of nitrogens with zero attached hydrogens (tertiary/aromatic N) is 2. The molecular weight excluding hydrogens is 386 g/mol. The zero-order chi connectivity index (χ0) is 18.9. The van der Waals surface area contributed by atoms with Crippen LogP contribution in [0.4, 0.5) is 5.82 Å². The SMILES string of the molecule is O=S(=O)(Nc1cc(-c2ccc(OC3CC3)c(Cl)c2)ncn1)c1ccccc1. The van der Waals surface area contributed by atoms with Gasteiger partial charge in [0.2, 0.25) is 0 Å². The number of rotatable bonds is 6. The molecule has 6 nitrogen and oxygen atoms in total. The Balaban J connectivity index is 1.58. The maximum absolute atomic E-state index is 12.4. The van der Waals surface area contributed by atoms with Gasteiger partial charge in [0.15, 0.2) is 0 Å². The van der Waals surface area contributed by atoms with Gasteiger partial charge in [0, 0.05) is 11.6 Å². The maximum atomic E-state index is 12.4. The van der Waals surface area contributed by atoms with E-state index in [1.165, 1.54) is 18.5 Å². The molecule has 0 unspecified atom stereocenters. The smallest absolute Gasteiger partial charge is 0.263 e. The standard InChI is InChI=1S/C19H16ClN3O3S/c20-16-10-13(6-9-18(16)26-14-7-8-14)17-11-19(22-12-21-17)23-27(24,25)15-4-2-1-3-5-15/h1-6,9-12,14H,7-8H2,(H,21,22,23). The van der Waals surface area contributed by atoms with Crippen LogP contribution < -0.4 is 9.46 Å². The first-order valence-electron chi connectivity index (χ1n) is 8.38. The summed E-state index contributed by atoms with van der Waals surface area (Å²) < 4.78 is 33.1. The van der Waals surface area contributed by atoms with E-state index in [0.717, 1.165) is 18.4 Å². The molecule has 0 aliphatic heterocycles. The topological polar surface area (TPSA) is 81.2 Å². The number of benzene rings is 2. The number of halogens is 1. The lowest BCUT2D eigenvalue weighted by Crippen LogP contribution is -2.14.